The molecule has 0 atom stereocenters. The van der Waals surface area contributed by atoms with Gasteiger partial charge in [-0.1, -0.05) is 13.8 Å². The highest BCUT2D eigenvalue weighted by atomic mass is 19.1. The van der Waals surface area contributed by atoms with Gasteiger partial charge >= 0.3 is 0 Å². The van der Waals surface area contributed by atoms with Crippen LogP contribution in [0.15, 0.2) is 18.2 Å². The van der Waals surface area contributed by atoms with E-state index in [4.69, 9.17) is 10.00 Å². The van der Waals surface area contributed by atoms with Crippen molar-refractivity contribution in [1.29, 1.82) is 5.26 Å². The van der Waals surface area contributed by atoms with E-state index in [1.54, 1.807) is 13.2 Å². The van der Waals surface area contributed by atoms with Gasteiger partial charge in [0.05, 0.1) is 18.2 Å². The molecule has 0 aliphatic rings. The Morgan fingerprint density at radius 1 is 1.42 bits per heavy atom. The zero-order valence-electron chi connectivity index (χ0n) is 11.8. The standard InChI is InChI=1S/C15H21FN2O/c1-12(2)10-18(6-7-19-3)11-14-8-13(9-17)4-5-15(14)16/h4-5,8,12H,6-7,10-11H2,1-3H3. The zero-order chi connectivity index (χ0) is 14.3. The first-order valence-corrected chi connectivity index (χ1v) is 6.46. The number of benzene rings is 1. The molecule has 0 N–H and O–H groups in total. The average Bonchev–Trinajstić information content (AvgIpc) is 2.37. The van der Waals surface area contributed by atoms with E-state index in [9.17, 15) is 4.39 Å². The smallest absolute Gasteiger partial charge is 0.127 e. The molecular formula is C15H21FN2O. The van der Waals surface area contributed by atoms with Crippen molar-refractivity contribution in [2.75, 3.05) is 26.8 Å². The Labute approximate surface area is 114 Å². The van der Waals surface area contributed by atoms with Crippen molar-refractivity contribution in [2.45, 2.75) is 20.4 Å². The van der Waals surface area contributed by atoms with Crippen LogP contribution < -0.4 is 0 Å². The summed E-state index contributed by atoms with van der Waals surface area (Å²) in [6, 6.07) is 6.52. The number of halogens is 1. The molecule has 0 radical (unpaired) electrons. The van der Waals surface area contributed by atoms with Crippen LogP contribution in [0.2, 0.25) is 0 Å². The summed E-state index contributed by atoms with van der Waals surface area (Å²) in [5.41, 5.74) is 1.06. The molecule has 0 aromatic heterocycles. The quantitative estimate of drug-likeness (QED) is 0.759. The summed E-state index contributed by atoms with van der Waals surface area (Å²) in [5, 5.41) is 8.87. The Kier molecular flexibility index (Phi) is 6.48. The largest absolute Gasteiger partial charge is 0.383 e. The topological polar surface area (TPSA) is 36.3 Å². The minimum Gasteiger partial charge on any atom is -0.383 e. The van der Waals surface area contributed by atoms with Gasteiger partial charge in [0.2, 0.25) is 0 Å². The van der Waals surface area contributed by atoms with Gasteiger partial charge in [-0.05, 0) is 24.1 Å². The number of methoxy groups -OCH3 is 1. The Morgan fingerprint density at radius 3 is 2.74 bits per heavy atom. The average molecular weight is 264 g/mol. The second kappa shape index (κ2) is 7.88. The molecule has 0 unspecified atom stereocenters. The van der Waals surface area contributed by atoms with Gasteiger partial charge in [-0.15, -0.1) is 0 Å². The molecular weight excluding hydrogens is 243 g/mol. The van der Waals surface area contributed by atoms with Crippen molar-refractivity contribution < 1.29 is 9.13 Å². The van der Waals surface area contributed by atoms with Gasteiger partial charge in [-0.2, -0.15) is 5.26 Å². The Morgan fingerprint density at radius 2 is 2.16 bits per heavy atom. The molecule has 0 amide bonds. The highest BCUT2D eigenvalue weighted by Gasteiger charge is 2.11. The van der Waals surface area contributed by atoms with Crippen LogP contribution in [0.25, 0.3) is 0 Å². The van der Waals surface area contributed by atoms with E-state index in [0.717, 1.165) is 13.1 Å². The van der Waals surface area contributed by atoms with Crippen LogP contribution in [-0.2, 0) is 11.3 Å². The third kappa shape index (κ3) is 5.37. The first-order chi connectivity index (χ1) is 9.06. The zero-order valence-corrected chi connectivity index (χ0v) is 11.8. The monoisotopic (exact) mass is 264 g/mol. The molecule has 0 heterocycles. The molecule has 4 heteroatoms. The lowest BCUT2D eigenvalue weighted by Crippen LogP contribution is -2.31. The van der Waals surface area contributed by atoms with Crippen molar-refractivity contribution in [3.63, 3.8) is 0 Å². The molecule has 0 spiro atoms. The maximum absolute atomic E-state index is 13.8. The van der Waals surface area contributed by atoms with E-state index in [2.05, 4.69) is 18.7 Å². The number of hydrogen-bond acceptors (Lipinski definition) is 3. The summed E-state index contributed by atoms with van der Waals surface area (Å²) >= 11 is 0. The van der Waals surface area contributed by atoms with E-state index in [1.165, 1.54) is 12.1 Å². The molecule has 0 aliphatic carbocycles. The molecule has 1 aromatic rings. The first kappa shape index (κ1) is 15.6. The third-order valence-corrected chi connectivity index (χ3v) is 2.80. The number of rotatable bonds is 7. The van der Waals surface area contributed by atoms with Crippen LogP contribution in [0.4, 0.5) is 4.39 Å². The van der Waals surface area contributed by atoms with Crippen LogP contribution in [-0.4, -0.2) is 31.7 Å². The minimum atomic E-state index is -0.259. The predicted molar refractivity (Wildman–Crippen MR) is 73.1 cm³/mol. The molecule has 0 fully saturated rings. The molecule has 0 saturated carbocycles. The number of ether oxygens (including phenoxy) is 1. The van der Waals surface area contributed by atoms with Crippen LogP contribution >= 0.6 is 0 Å². The summed E-state index contributed by atoms with van der Waals surface area (Å²) < 4.78 is 18.8. The summed E-state index contributed by atoms with van der Waals surface area (Å²) in [6.07, 6.45) is 0. The number of nitrogens with zero attached hydrogens (tertiary/aromatic N) is 2. The number of hydrogen-bond donors (Lipinski definition) is 0. The van der Waals surface area contributed by atoms with Gasteiger partial charge in [-0.3, -0.25) is 4.90 Å². The predicted octanol–water partition coefficient (Wildman–Crippen LogP) is 2.80. The normalized spacial score (nSPS) is 11.0. The van der Waals surface area contributed by atoms with Gasteiger partial charge in [0.1, 0.15) is 5.82 Å². The van der Waals surface area contributed by atoms with Crippen LogP contribution in [0.1, 0.15) is 25.0 Å². The molecule has 3 nitrogen and oxygen atoms in total. The minimum absolute atomic E-state index is 0.259. The van der Waals surface area contributed by atoms with Crippen LogP contribution in [0, 0.1) is 23.1 Å². The summed E-state index contributed by atoms with van der Waals surface area (Å²) in [5.74, 6) is 0.240. The second-order valence-electron chi connectivity index (χ2n) is 5.04. The fourth-order valence-electron chi connectivity index (χ4n) is 1.98. The van der Waals surface area contributed by atoms with Crippen molar-refractivity contribution in [1.82, 2.24) is 4.90 Å². The molecule has 0 bridgehead atoms. The summed E-state index contributed by atoms with van der Waals surface area (Å²) in [4.78, 5) is 2.15. The van der Waals surface area contributed by atoms with Gasteiger partial charge in [0.25, 0.3) is 0 Å². The van der Waals surface area contributed by atoms with Gasteiger partial charge < -0.3 is 4.74 Å². The lowest BCUT2D eigenvalue weighted by Gasteiger charge is -2.24. The lowest BCUT2D eigenvalue weighted by atomic mass is 10.1. The van der Waals surface area contributed by atoms with Crippen molar-refractivity contribution in [3.05, 3.63) is 35.1 Å². The molecule has 19 heavy (non-hydrogen) atoms. The maximum atomic E-state index is 13.8. The molecule has 1 aromatic carbocycles. The van der Waals surface area contributed by atoms with E-state index in [0.29, 0.717) is 30.2 Å². The SMILES string of the molecule is COCCN(Cc1cc(C#N)ccc1F)CC(C)C. The van der Waals surface area contributed by atoms with E-state index in [-0.39, 0.29) is 5.82 Å². The highest BCUT2D eigenvalue weighted by molar-refractivity contribution is 5.33. The van der Waals surface area contributed by atoms with Crippen molar-refractivity contribution >= 4 is 0 Å². The van der Waals surface area contributed by atoms with E-state index < -0.39 is 0 Å². The molecule has 1 rings (SSSR count). The first-order valence-electron chi connectivity index (χ1n) is 6.46. The second-order valence-corrected chi connectivity index (χ2v) is 5.04. The van der Waals surface area contributed by atoms with Crippen LogP contribution in [0.3, 0.4) is 0 Å². The van der Waals surface area contributed by atoms with Crippen molar-refractivity contribution in [3.8, 4) is 6.07 Å². The van der Waals surface area contributed by atoms with Gasteiger partial charge in [0, 0.05) is 32.3 Å². The Balaban J connectivity index is 2.79. The summed E-state index contributed by atoms with van der Waals surface area (Å²) in [6.45, 7) is 7.00. The van der Waals surface area contributed by atoms with Gasteiger partial charge in [0.15, 0.2) is 0 Å². The Hall–Kier alpha value is -1.44. The lowest BCUT2D eigenvalue weighted by molar-refractivity contribution is 0.135. The summed E-state index contributed by atoms with van der Waals surface area (Å²) in [7, 11) is 1.66. The fraction of sp³-hybridized carbons (Fsp3) is 0.533. The van der Waals surface area contributed by atoms with Gasteiger partial charge in [-0.25, -0.2) is 4.39 Å². The van der Waals surface area contributed by atoms with Crippen LogP contribution in [0.5, 0.6) is 0 Å². The molecule has 104 valence electrons. The van der Waals surface area contributed by atoms with E-state index >= 15 is 0 Å². The molecule has 0 saturated heterocycles. The fourth-order valence-corrected chi connectivity index (χ4v) is 1.98. The Bertz CT molecular complexity index is 440. The maximum Gasteiger partial charge on any atom is 0.127 e. The van der Waals surface area contributed by atoms with E-state index in [1.807, 2.05) is 6.07 Å². The molecule has 0 aliphatic heterocycles. The number of nitriles is 1. The third-order valence-electron chi connectivity index (χ3n) is 2.80. The highest BCUT2D eigenvalue weighted by Crippen LogP contribution is 2.14. The van der Waals surface area contributed by atoms with Crippen molar-refractivity contribution in [2.24, 2.45) is 5.92 Å².